The zero-order chi connectivity index (χ0) is 7.68. The molecule has 11 heavy (non-hydrogen) atoms. The van der Waals surface area contributed by atoms with Crippen molar-refractivity contribution in [1.29, 1.82) is 0 Å². The molecular weight excluding hydrogens is 160 g/mol. The van der Waals surface area contributed by atoms with E-state index in [-0.39, 0.29) is 0 Å². The third kappa shape index (κ3) is 1.21. The second-order valence-electron chi connectivity index (χ2n) is 2.39. The molecule has 0 spiro atoms. The van der Waals surface area contributed by atoms with Crippen molar-refractivity contribution in [2.24, 2.45) is 0 Å². The lowest BCUT2D eigenvalue weighted by Gasteiger charge is -2.16. The van der Waals surface area contributed by atoms with Crippen LogP contribution in [0.15, 0.2) is 18.2 Å². The maximum absolute atomic E-state index is 5.90. The van der Waals surface area contributed by atoms with Crippen molar-refractivity contribution in [2.45, 2.75) is 6.42 Å². The van der Waals surface area contributed by atoms with Gasteiger partial charge in [0.15, 0.2) is 0 Å². The maximum atomic E-state index is 5.90. The monoisotopic (exact) mass is 166 g/mol. The molecule has 56 valence electrons. The van der Waals surface area contributed by atoms with Gasteiger partial charge in [-0.2, -0.15) is 0 Å². The van der Waals surface area contributed by atoms with Gasteiger partial charge in [-0.05, 0) is 18.6 Å². The van der Waals surface area contributed by atoms with Gasteiger partial charge >= 0.3 is 0 Å². The molecule has 0 N–H and O–H groups in total. The minimum atomic E-state index is 0.716. The average Bonchev–Trinajstić information content (AvgIpc) is 2.06. The van der Waals surface area contributed by atoms with Gasteiger partial charge in [0, 0.05) is 17.0 Å². The zero-order valence-electron chi connectivity index (χ0n) is 5.93. The van der Waals surface area contributed by atoms with E-state index in [0.717, 1.165) is 22.8 Å². The minimum absolute atomic E-state index is 0.716. The highest BCUT2D eigenvalue weighted by atomic mass is 35.5. The van der Waals surface area contributed by atoms with Gasteiger partial charge in [-0.15, -0.1) is 0 Å². The van der Waals surface area contributed by atoms with Crippen molar-refractivity contribution in [2.75, 3.05) is 6.61 Å². The fraction of sp³-hybridized carbons (Fsp3) is 0.222. The third-order valence-corrected chi connectivity index (χ3v) is 1.95. The highest BCUT2D eigenvalue weighted by Gasteiger charge is 2.12. The molecular formula is C9H7ClO. The average molecular weight is 167 g/mol. The molecule has 1 heterocycles. The van der Waals surface area contributed by atoms with Crippen LogP contribution in [0.5, 0.6) is 5.75 Å². The predicted molar refractivity (Wildman–Crippen MR) is 43.9 cm³/mol. The molecule has 0 saturated heterocycles. The Bertz CT molecular complexity index is 270. The van der Waals surface area contributed by atoms with Gasteiger partial charge in [0.1, 0.15) is 5.75 Å². The van der Waals surface area contributed by atoms with Gasteiger partial charge in [0.05, 0.1) is 6.61 Å². The smallest absolute Gasteiger partial charge is 0.124 e. The largest absolute Gasteiger partial charge is 0.493 e. The van der Waals surface area contributed by atoms with E-state index in [1.54, 1.807) is 0 Å². The Morgan fingerprint density at radius 3 is 3.18 bits per heavy atom. The second-order valence-corrected chi connectivity index (χ2v) is 2.80. The fourth-order valence-electron chi connectivity index (χ4n) is 1.13. The molecule has 2 heteroatoms. The van der Waals surface area contributed by atoms with Crippen LogP contribution in [0.1, 0.15) is 12.0 Å². The van der Waals surface area contributed by atoms with Crippen molar-refractivity contribution in [3.63, 3.8) is 0 Å². The highest BCUT2D eigenvalue weighted by Crippen LogP contribution is 2.31. The number of hydrogen-bond donors (Lipinski definition) is 0. The number of rotatable bonds is 0. The molecule has 0 saturated carbocycles. The molecule has 0 fully saturated rings. The number of halogens is 1. The molecule has 0 aromatic heterocycles. The summed E-state index contributed by atoms with van der Waals surface area (Å²) >= 11 is 5.90. The SMILES string of the molecule is Clc1cccc2c1[C]CCO2. The summed E-state index contributed by atoms with van der Waals surface area (Å²) in [5.74, 6) is 0.851. The summed E-state index contributed by atoms with van der Waals surface area (Å²) in [5, 5.41) is 0.724. The quantitative estimate of drug-likeness (QED) is 0.576. The predicted octanol–water partition coefficient (Wildman–Crippen LogP) is 2.55. The molecule has 1 aromatic rings. The lowest BCUT2D eigenvalue weighted by Crippen LogP contribution is -2.06. The van der Waals surface area contributed by atoms with Crippen molar-refractivity contribution >= 4 is 11.6 Å². The number of ether oxygens (including phenoxy) is 1. The summed E-state index contributed by atoms with van der Waals surface area (Å²) < 4.78 is 5.36. The Morgan fingerprint density at radius 1 is 1.45 bits per heavy atom. The topological polar surface area (TPSA) is 9.23 Å². The van der Waals surface area contributed by atoms with Crippen LogP contribution in [0.4, 0.5) is 0 Å². The lowest BCUT2D eigenvalue weighted by atomic mass is 10.1. The van der Waals surface area contributed by atoms with E-state index in [1.807, 2.05) is 18.2 Å². The summed E-state index contributed by atoms with van der Waals surface area (Å²) in [5.41, 5.74) is 0.917. The standard InChI is InChI=1S/C9H7ClO/c10-8-4-1-5-9-7(8)3-2-6-11-9/h1,4-5H,2,6H2. The first-order chi connectivity index (χ1) is 5.38. The number of fused-ring (bicyclic) bond motifs is 1. The van der Waals surface area contributed by atoms with Crippen molar-refractivity contribution < 1.29 is 4.74 Å². The first-order valence-electron chi connectivity index (χ1n) is 3.53. The lowest BCUT2D eigenvalue weighted by molar-refractivity contribution is 0.306. The van der Waals surface area contributed by atoms with Crippen LogP contribution in [-0.2, 0) is 0 Å². The Hall–Kier alpha value is -0.690. The van der Waals surface area contributed by atoms with E-state index in [2.05, 4.69) is 6.42 Å². The first kappa shape index (κ1) is 6.99. The van der Waals surface area contributed by atoms with Crippen LogP contribution in [0.25, 0.3) is 0 Å². The molecule has 1 aliphatic rings. The van der Waals surface area contributed by atoms with Gasteiger partial charge in [0.2, 0.25) is 0 Å². The van der Waals surface area contributed by atoms with E-state index >= 15 is 0 Å². The molecule has 1 aromatic carbocycles. The first-order valence-corrected chi connectivity index (χ1v) is 3.91. The maximum Gasteiger partial charge on any atom is 0.124 e. The van der Waals surface area contributed by atoms with E-state index in [0.29, 0.717) is 6.61 Å². The summed E-state index contributed by atoms with van der Waals surface area (Å²) in [6.45, 7) is 0.716. The number of benzene rings is 1. The van der Waals surface area contributed by atoms with E-state index < -0.39 is 0 Å². The number of hydrogen-bond acceptors (Lipinski definition) is 1. The Morgan fingerprint density at radius 2 is 2.36 bits per heavy atom. The summed E-state index contributed by atoms with van der Waals surface area (Å²) in [6, 6.07) is 5.64. The highest BCUT2D eigenvalue weighted by molar-refractivity contribution is 6.31. The molecule has 1 nitrogen and oxygen atoms in total. The molecule has 2 rings (SSSR count). The van der Waals surface area contributed by atoms with Crippen LogP contribution in [0.3, 0.4) is 0 Å². The van der Waals surface area contributed by atoms with Crippen LogP contribution in [0.2, 0.25) is 5.02 Å². The van der Waals surface area contributed by atoms with Crippen LogP contribution in [0, 0.1) is 6.42 Å². The van der Waals surface area contributed by atoms with Crippen molar-refractivity contribution in [3.05, 3.63) is 35.2 Å². The van der Waals surface area contributed by atoms with E-state index in [1.165, 1.54) is 0 Å². The summed E-state index contributed by atoms with van der Waals surface area (Å²) in [4.78, 5) is 0. The summed E-state index contributed by atoms with van der Waals surface area (Å²) in [6.07, 6.45) is 4.00. The fourth-order valence-corrected chi connectivity index (χ4v) is 1.37. The third-order valence-electron chi connectivity index (χ3n) is 1.64. The van der Waals surface area contributed by atoms with Crippen LogP contribution < -0.4 is 4.74 Å². The van der Waals surface area contributed by atoms with Gasteiger partial charge in [-0.1, -0.05) is 17.7 Å². The zero-order valence-corrected chi connectivity index (χ0v) is 6.69. The van der Waals surface area contributed by atoms with Gasteiger partial charge in [-0.3, -0.25) is 0 Å². The van der Waals surface area contributed by atoms with Gasteiger partial charge in [0.25, 0.3) is 0 Å². The van der Waals surface area contributed by atoms with Crippen LogP contribution >= 0.6 is 11.6 Å². The van der Waals surface area contributed by atoms with Crippen molar-refractivity contribution in [3.8, 4) is 5.75 Å². The molecule has 0 bridgehead atoms. The second kappa shape index (κ2) is 2.74. The van der Waals surface area contributed by atoms with Gasteiger partial charge < -0.3 is 4.74 Å². The normalized spacial score (nSPS) is 15.4. The van der Waals surface area contributed by atoms with Crippen molar-refractivity contribution in [1.82, 2.24) is 0 Å². The minimum Gasteiger partial charge on any atom is -0.493 e. The Kier molecular flexibility index (Phi) is 1.74. The Balaban J connectivity index is 2.49. The van der Waals surface area contributed by atoms with Crippen LogP contribution in [-0.4, -0.2) is 6.61 Å². The van der Waals surface area contributed by atoms with E-state index in [4.69, 9.17) is 16.3 Å². The summed E-state index contributed by atoms with van der Waals surface area (Å²) in [7, 11) is 0. The molecule has 0 unspecified atom stereocenters. The molecule has 1 aliphatic heterocycles. The molecule has 2 radical (unpaired) electrons. The van der Waals surface area contributed by atoms with Gasteiger partial charge in [-0.25, -0.2) is 0 Å². The Labute approximate surface area is 70.9 Å². The molecule has 0 atom stereocenters. The molecule has 0 amide bonds. The van der Waals surface area contributed by atoms with E-state index in [9.17, 15) is 0 Å². The molecule has 0 aliphatic carbocycles.